The largest absolute Gasteiger partial charge is 0.508 e. The molecular weight excluding hydrogens is 276 g/mol. The Labute approximate surface area is 132 Å². The van der Waals surface area contributed by atoms with Gasteiger partial charge >= 0.3 is 0 Å². The van der Waals surface area contributed by atoms with E-state index in [0.29, 0.717) is 18.0 Å². The van der Waals surface area contributed by atoms with Gasteiger partial charge in [-0.1, -0.05) is 24.3 Å². The molecule has 4 heteroatoms. The molecule has 120 valence electrons. The number of benzene rings is 2. The lowest BCUT2D eigenvalue weighted by Gasteiger charge is -2.08. The molecule has 0 bridgehead atoms. The van der Waals surface area contributed by atoms with Crippen LogP contribution in [0.15, 0.2) is 48.5 Å². The van der Waals surface area contributed by atoms with Crippen molar-refractivity contribution in [1.29, 1.82) is 0 Å². The van der Waals surface area contributed by atoms with Crippen molar-refractivity contribution in [2.24, 2.45) is 5.73 Å². The van der Waals surface area contributed by atoms with Crippen molar-refractivity contribution >= 4 is 0 Å². The van der Waals surface area contributed by atoms with Crippen molar-refractivity contribution in [3.05, 3.63) is 59.7 Å². The minimum Gasteiger partial charge on any atom is -0.508 e. The van der Waals surface area contributed by atoms with E-state index in [1.807, 2.05) is 24.3 Å². The summed E-state index contributed by atoms with van der Waals surface area (Å²) in [5.41, 5.74) is 7.77. The summed E-state index contributed by atoms with van der Waals surface area (Å²) in [6.07, 6.45) is 1.91. The summed E-state index contributed by atoms with van der Waals surface area (Å²) in [5.74, 6) is 0.643. The SMILES string of the molecule is CN(C)CCc1ccc(O)cc1.NCCc1ccc(O)cc1. The Morgan fingerprint density at radius 3 is 1.55 bits per heavy atom. The Morgan fingerprint density at radius 1 is 0.773 bits per heavy atom. The van der Waals surface area contributed by atoms with Gasteiger partial charge in [-0.05, 0) is 68.9 Å². The third-order valence-electron chi connectivity index (χ3n) is 3.15. The summed E-state index contributed by atoms with van der Waals surface area (Å²) < 4.78 is 0. The summed E-state index contributed by atoms with van der Waals surface area (Å²) in [6, 6.07) is 14.5. The molecule has 0 amide bonds. The molecule has 2 rings (SSSR count). The van der Waals surface area contributed by atoms with Gasteiger partial charge in [0.15, 0.2) is 0 Å². The third kappa shape index (κ3) is 7.67. The van der Waals surface area contributed by atoms with Crippen LogP contribution in [0.3, 0.4) is 0 Å². The minimum absolute atomic E-state index is 0.306. The Bertz CT molecular complexity index is 522. The molecule has 0 atom stereocenters. The fraction of sp³-hybridized carbons (Fsp3) is 0.333. The highest BCUT2D eigenvalue weighted by Gasteiger charge is 1.94. The van der Waals surface area contributed by atoms with Gasteiger partial charge in [-0.3, -0.25) is 0 Å². The molecule has 0 aliphatic heterocycles. The van der Waals surface area contributed by atoms with Crippen molar-refractivity contribution < 1.29 is 10.2 Å². The molecule has 0 spiro atoms. The van der Waals surface area contributed by atoms with Crippen LogP contribution in [0.5, 0.6) is 11.5 Å². The molecule has 22 heavy (non-hydrogen) atoms. The zero-order chi connectivity index (χ0) is 16.4. The van der Waals surface area contributed by atoms with Crippen LogP contribution in [0.25, 0.3) is 0 Å². The number of aromatic hydroxyl groups is 2. The molecule has 0 unspecified atom stereocenters. The maximum absolute atomic E-state index is 9.02. The number of nitrogens with zero attached hydrogens (tertiary/aromatic N) is 1. The maximum Gasteiger partial charge on any atom is 0.115 e. The minimum atomic E-state index is 0.306. The molecule has 0 radical (unpaired) electrons. The molecule has 0 aliphatic carbocycles. The van der Waals surface area contributed by atoms with E-state index in [1.54, 1.807) is 24.3 Å². The van der Waals surface area contributed by atoms with Gasteiger partial charge in [0.05, 0.1) is 0 Å². The second-order valence-corrected chi connectivity index (χ2v) is 5.42. The van der Waals surface area contributed by atoms with Gasteiger partial charge in [-0.2, -0.15) is 0 Å². The van der Waals surface area contributed by atoms with Crippen LogP contribution in [-0.2, 0) is 12.8 Å². The Morgan fingerprint density at radius 2 is 1.18 bits per heavy atom. The van der Waals surface area contributed by atoms with Gasteiger partial charge in [0, 0.05) is 6.54 Å². The number of nitrogens with two attached hydrogens (primary N) is 1. The molecule has 2 aromatic carbocycles. The van der Waals surface area contributed by atoms with Crippen LogP contribution in [0.1, 0.15) is 11.1 Å². The summed E-state index contributed by atoms with van der Waals surface area (Å²) in [5, 5.41) is 17.9. The molecule has 0 saturated carbocycles. The Hall–Kier alpha value is -2.04. The van der Waals surface area contributed by atoms with Crippen molar-refractivity contribution in [2.45, 2.75) is 12.8 Å². The summed E-state index contributed by atoms with van der Waals surface area (Å²) in [4.78, 5) is 2.15. The standard InChI is InChI=1S/C10H15NO.C8H11NO/c1-11(2)8-7-9-3-5-10(12)6-4-9;9-6-5-7-1-3-8(10)4-2-7/h3-6,12H,7-8H2,1-2H3;1-4,10H,5-6,9H2. The van der Waals surface area contributed by atoms with Crippen LogP contribution in [-0.4, -0.2) is 42.3 Å². The molecule has 0 heterocycles. The quantitative estimate of drug-likeness (QED) is 0.793. The molecule has 4 nitrogen and oxygen atoms in total. The van der Waals surface area contributed by atoms with E-state index in [4.69, 9.17) is 15.9 Å². The Balaban J connectivity index is 0.000000224. The van der Waals surface area contributed by atoms with Crippen LogP contribution in [0, 0.1) is 0 Å². The Kier molecular flexibility index (Phi) is 8.04. The second-order valence-electron chi connectivity index (χ2n) is 5.42. The number of phenolic OH excluding ortho intramolecular Hbond substituents is 2. The van der Waals surface area contributed by atoms with E-state index < -0.39 is 0 Å². The molecule has 0 fully saturated rings. The summed E-state index contributed by atoms with van der Waals surface area (Å²) in [6.45, 7) is 1.70. The highest BCUT2D eigenvalue weighted by molar-refractivity contribution is 5.26. The predicted molar refractivity (Wildman–Crippen MR) is 91.2 cm³/mol. The first kappa shape index (κ1) is 18.0. The van der Waals surface area contributed by atoms with Crippen molar-refractivity contribution in [2.75, 3.05) is 27.2 Å². The van der Waals surface area contributed by atoms with Gasteiger partial charge < -0.3 is 20.8 Å². The molecule has 4 N–H and O–H groups in total. The van der Waals surface area contributed by atoms with Crippen LogP contribution in [0.4, 0.5) is 0 Å². The maximum atomic E-state index is 9.02. The molecule has 0 saturated heterocycles. The van der Waals surface area contributed by atoms with Crippen LogP contribution >= 0.6 is 0 Å². The van der Waals surface area contributed by atoms with Crippen LogP contribution in [0.2, 0.25) is 0 Å². The first-order chi connectivity index (χ1) is 10.5. The molecular formula is C18H26N2O2. The van der Waals surface area contributed by atoms with Gasteiger partial charge in [-0.15, -0.1) is 0 Å². The monoisotopic (exact) mass is 302 g/mol. The highest BCUT2D eigenvalue weighted by atomic mass is 16.3. The lowest BCUT2D eigenvalue weighted by Crippen LogP contribution is -2.14. The molecule has 0 aliphatic rings. The zero-order valence-electron chi connectivity index (χ0n) is 13.4. The number of phenols is 2. The van der Waals surface area contributed by atoms with E-state index in [1.165, 1.54) is 11.1 Å². The van der Waals surface area contributed by atoms with E-state index in [9.17, 15) is 0 Å². The molecule has 2 aromatic rings. The van der Waals surface area contributed by atoms with Crippen molar-refractivity contribution in [3.63, 3.8) is 0 Å². The number of hydrogen-bond acceptors (Lipinski definition) is 4. The van der Waals surface area contributed by atoms with E-state index in [-0.39, 0.29) is 0 Å². The van der Waals surface area contributed by atoms with Crippen LogP contribution < -0.4 is 5.73 Å². The topological polar surface area (TPSA) is 69.7 Å². The van der Waals surface area contributed by atoms with E-state index in [2.05, 4.69) is 19.0 Å². The summed E-state index contributed by atoms with van der Waals surface area (Å²) in [7, 11) is 4.11. The summed E-state index contributed by atoms with van der Waals surface area (Å²) >= 11 is 0. The fourth-order valence-electron chi connectivity index (χ4n) is 1.84. The van der Waals surface area contributed by atoms with Gasteiger partial charge in [0.1, 0.15) is 11.5 Å². The normalized spacial score (nSPS) is 10.2. The lowest BCUT2D eigenvalue weighted by molar-refractivity contribution is 0.413. The average Bonchev–Trinajstić information content (AvgIpc) is 2.50. The predicted octanol–water partition coefficient (Wildman–Crippen LogP) is 2.39. The zero-order valence-corrected chi connectivity index (χ0v) is 13.4. The van der Waals surface area contributed by atoms with E-state index >= 15 is 0 Å². The van der Waals surface area contributed by atoms with Crippen molar-refractivity contribution in [3.8, 4) is 11.5 Å². The van der Waals surface area contributed by atoms with Gasteiger partial charge in [0.25, 0.3) is 0 Å². The fourth-order valence-corrected chi connectivity index (χ4v) is 1.84. The second kappa shape index (κ2) is 9.82. The first-order valence-electron chi connectivity index (χ1n) is 7.42. The molecule has 0 aromatic heterocycles. The van der Waals surface area contributed by atoms with Gasteiger partial charge in [0.2, 0.25) is 0 Å². The highest BCUT2D eigenvalue weighted by Crippen LogP contribution is 2.10. The third-order valence-corrected chi connectivity index (χ3v) is 3.15. The van der Waals surface area contributed by atoms with E-state index in [0.717, 1.165) is 19.4 Å². The number of hydrogen-bond donors (Lipinski definition) is 3. The smallest absolute Gasteiger partial charge is 0.115 e. The lowest BCUT2D eigenvalue weighted by atomic mass is 10.1. The number of likely N-dealkylation sites (N-methyl/N-ethyl adjacent to an activating group) is 1. The number of rotatable bonds is 5. The average molecular weight is 302 g/mol. The van der Waals surface area contributed by atoms with Crippen molar-refractivity contribution in [1.82, 2.24) is 4.90 Å². The van der Waals surface area contributed by atoms with Gasteiger partial charge in [-0.25, -0.2) is 0 Å². The first-order valence-corrected chi connectivity index (χ1v) is 7.42.